The summed E-state index contributed by atoms with van der Waals surface area (Å²) in [4.78, 5) is 17.4. The number of rotatable bonds is 10. The number of thioether (sulfide) groups is 1. The number of aliphatic hydroxyl groups excluding tert-OH is 1. The Morgan fingerprint density at radius 1 is 1.62 bits per heavy atom. The van der Waals surface area contributed by atoms with E-state index in [2.05, 4.69) is 15.5 Å². The van der Waals surface area contributed by atoms with E-state index in [0.717, 1.165) is 6.42 Å². The number of carbonyl (C=O) groups excluding carboxylic acids is 1. The Bertz CT molecular complexity index is 721. The highest BCUT2D eigenvalue weighted by molar-refractivity contribution is 8.16. The number of hydrogen-bond acceptors (Lipinski definition) is 9. The molecule has 0 spiro atoms. The zero-order chi connectivity index (χ0) is 21.4. The van der Waals surface area contributed by atoms with Gasteiger partial charge < -0.3 is 30.8 Å². The van der Waals surface area contributed by atoms with Crippen LogP contribution in [-0.4, -0.2) is 63.8 Å². The Balaban J connectivity index is 2.14. The summed E-state index contributed by atoms with van der Waals surface area (Å²) in [7, 11) is 0. The number of aliphatic hydroxyl groups is 1. The van der Waals surface area contributed by atoms with Crippen LogP contribution in [0.2, 0.25) is 0 Å². The lowest BCUT2D eigenvalue weighted by molar-refractivity contribution is -0.126. The van der Waals surface area contributed by atoms with E-state index in [9.17, 15) is 9.90 Å². The summed E-state index contributed by atoms with van der Waals surface area (Å²) in [5.41, 5.74) is 4.87. The second-order valence-electron chi connectivity index (χ2n) is 7.09. The van der Waals surface area contributed by atoms with Crippen molar-refractivity contribution in [3.05, 3.63) is 23.7 Å². The molecule has 5 N–H and O–H groups in total. The molecular weight excluding hydrogens is 396 g/mol. The molecule has 0 radical (unpaired) electrons. The minimum atomic E-state index is -1.15. The zero-order valence-corrected chi connectivity index (χ0v) is 17.9. The Morgan fingerprint density at radius 2 is 2.38 bits per heavy atom. The summed E-state index contributed by atoms with van der Waals surface area (Å²) in [5.74, 6) is 1.10. The summed E-state index contributed by atoms with van der Waals surface area (Å²) >= 11 is 1.37. The molecule has 0 aromatic rings. The van der Waals surface area contributed by atoms with E-state index in [4.69, 9.17) is 20.4 Å². The molecular formula is C19H30N4O5S. The minimum Gasteiger partial charge on any atom is -0.494 e. The fourth-order valence-corrected chi connectivity index (χ4v) is 3.94. The van der Waals surface area contributed by atoms with Crippen LogP contribution in [0.3, 0.4) is 0 Å². The third-order valence-corrected chi connectivity index (χ3v) is 5.85. The first kappa shape index (κ1) is 23.2. The molecule has 0 aliphatic carbocycles. The highest BCUT2D eigenvalue weighted by Crippen LogP contribution is 2.30. The van der Waals surface area contributed by atoms with Crippen LogP contribution >= 0.6 is 11.8 Å². The van der Waals surface area contributed by atoms with Gasteiger partial charge in [-0.3, -0.25) is 9.79 Å². The van der Waals surface area contributed by atoms with E-state index in [1.54, 1.807) is 19.9 Å². The second kappa shape index (κ2) is 10.7. The fraction of sp³-hybridized carbons (Fsp3) is 0.632. The van der Waals surface area contributed by atoms with Crippen molar-refractivity contribution < 1.29 is 24.6 Å². The molecule has 2 aliphatic heterocycles. The number of allylic oxidation sites excluding steroid dienone is 1. The molecule has 0 fully saturated rings. The first-order valence-electron chi connectivity index (χ1n) is 9.66. The first-order valence-corrected chi connectivity index (χ1v) is 10.6. The van der Waals surface area contributed by atoms with Crippen LogP contribution in [0, 0.1) is 0 Å². The number of nitrogens with zero attached hydrogens (tertiary/aromatic N) is 2. The van der Waals surface area contributed by atoms with Crippen molar-refractivity contribution in [1.82, 2.24) is 5.32 Å². The highest BCUT2D eigenvalue weighted by atomic mass is 32.2. The molecule has 1 unspecified atom stereocenters. The molecule has 0 saturated heterocycles. The average molecular weight is 427 g/mol. The largest absolute Gasteiger partial charge is 0.494 e. The molecule has 29 heavy (non-hydrogen) atoms. The van der Waals surface area contributed by atoms with Crippen molar-refractivity contribution in [2.75, 3.05) is 18.9 Å². The third kappa shape index (κ3) is 6.22. The number of oxime groups is 1. The number of amides is 1. The van der Waals surface area contributed by atoms with Gasteiger partial charge in [-0.2, -0.15) is 0 Å². The molecule has 0 saturated carbocycles. The molecule has 2 aliphatic rings. The van der Waals surface area contributed by atoms with Crippen molar-refractivity contribution >= 4 is 28.4 Å². The molecule has 10 heteroatoms. The van der Waals surface area contributed by atoms with Crippen LogP contribution in [0.4, 0.5) is 0 Å². The smallest absolute Gasteiger partial charge is 0.249 e. The monoisotopic (exact) mass is 426 g/mol. The molecule has 0 bridgehead atoms. The molecule has 2 rings (SSSR count). The number of aliphatic imine (C=N–C) groups is 1. The fourth-order valence-electron chi connectivity index (χ4n) is 2.81. The van der Waals surface area contributed by atoms with Crippen LogP contribution in [0.15, 0.2) is 33.8 Å². The minimum absolute atomic E-state index is 0.261. The maximum atomic E-state index is 13.0. The number of nitrogens with two attached hydrogens (primary N) is 1. The Morgan fingerprint density at radius 3 is 3.03 bits per heavy atom. The quantitative estimate of drug-likeness (QED) is 0.180. The number of ether oxygens (including phenoxy) is 2. The SMILES string of the molecule is CCC[C@@H](NC(=O)[C@]1(C)CSC(/C(C)=N/O)=N1)C1=CC(OCCCN)=CC(O)O1. The molecule has 0 aromatic heterocycles. The van der Waals surface area contributed by atoms with Gasteiger partial charge in [0.25, 0.3) is 0 Å². The lowest BCUT2D eigenvalue weighted by Crippen LogP contribution is -2.49. The van der Waals surface area contributed by atoms with Crippen LogP contribution in [-0.2, 0) is 14.3 Å². The van der Waals surface area contributed by atoms with Crippen molar-refractivity contribution in [2.45, 2.75) is 57.9 Å². The number of hydrogen-bond donors (Lipinski definition) is 4. The topological polar surface area (TPSA) is 139 Å². The average Bonchev–Trinajstić information content (AvgIpc) is 3.10. The second-order valence-corrected chi connectivity index (χ2v) is 8.06. The predicted octanol–water partition coefficient (Wildman–Crippen LogP) is 1.51. The van der Waals surface area contributed by atoms with Crippen LogP contribution < -0.4 is 11.1 Å². The number of carbonyl (C=O) groups is 1. The van der Waals surface area contributed by atoms with Crippen molar-refractivity contribution in [3.8, 4) is 0 Å². The lowest BCUT2D eigenvalue weighted by atomic mass is 10.0. The van der Waals surface area contributed by atoms with Crippen LogP contribution in [0.25, 0.3) is 0 Å². The molecule has 3 atom stereocenters. The maximum Gasteiger partial charge on any atom is 0.249 e. The van der Waals surface area contributed by atoms with Gasteiger partial charge in [-0.25, -0.2) is 0 Å². The van der Waals surface area contributed by atoms with Crippen molar-refractivity contribution in [1.29, 1.82) is 0 Å². The van der Waals surface area contributed by atoms with E-state index >= 15 is 0 Å². The molecule has 2 heterocycles. The first-order chi connectivity index (χ1) is 13.8. The van der Waals surface area contributed by atoms with E-state index < -0.39 is 17.9 Å². The van der Waals surface area contributed by atoms with Crippen LogP contribution in [0.1, 0.15) is 40.0 Å². The van der Waals surface area contributed by atoms with Gasteiger partial charge in [-0.05, 0) is 33.2 Å². The highest BCUT2D eigenvalue weighted by Gasteiger charge is 2.40. The van der Waals surface area contributed by atoms with Crippen LogP contribution in [0.5, 0.6) is 0 Å². The van der Waals surface area contributed by atoms with Crippen molar-refractivity contribution in [2.24, 2.45) is 15.9 Å². The Kier molecular flexibility index (Phi) is 8.54. The summed E-state index contributed by atoms with van der Waals surface area (Å²) in [6, 6.07) is -0.433. The van der Waals surface area contributed by atoms with Gasteiger partial charge in [0, 0.05) is 17.9 Å². The van der Waals surface area contributed by atoms with E-state index in [1.165, 1.54) is 17.8 Å². The van der Waals surface area contributed by atoms with Gasteiger partial charge in [0.2, 0.25) is 12.2 Å². The summed E-state index contributed by atoms with van der Waals surface area (Å²) in [6.07, 6.45) is 4.12. The summed E-state index contributed by atoms with van der Waals surface area (Å²) in [5, 5.41) is 25.6. The van der Waals surface area contributed by atoms with Gasteiger partial charge in [0.1, 0.15) is 27.8 Å². The molecule has 1 amide bonds. The molecule has 9 nitrogen and oxygen atoms in total. The zero-order valence-electron chi connectivity index (χ0n) is 17.1. The predicted molar refractivity (Wildman–Crippen MR) is 113 cm³/mol. The summed E-state index contributed by atoms with van der Waals surface area (Å²) < 4.78 is 11.2. The van der Waals surface area contributed by atoms with E-state index in [-0.39, 0.29) is 5.91 Å². The Labute approximate surface area is 175 Å². The van der Waals surface area contributed by atoms with Gasteiger partial charge in [-0.15, -0.1) is 11.8 Å². The standard InChI is InChI=1S/C19H30N4O5S/c1-4-6-14(15-9-13(10-16(24)28-15)27-8-5-7-20)21-18(25)19(3)11-29-17(22-19)12(2)23-26/h9-10,14,16,24,26H,4-8,11,20H2,1-3H3,(H,21,25)/b23-12+/t14-,16?,19+/m1/s1. The van der Waals surface area contributed by atoms with Gasteiger partial charge >= 0.3 is 0 Å². The third-order valence-electron chi connectivity index (χ3n) is 4.48. The number of nitrogens with one attached hydrogen (secondary N) is 1. The lowest BCUT2D eigenvalue weighted by Gasteiger charge is -2.29. The Hall–Kier alpha value is -2.04. The molecule has 0 aromatic carbocycles. The maximum absolute atomic E-state index is 13.0. The van der Waals surface area contributed by atoms with Gasteiger partial charge in [0.05, 0.1) is 12.6 Å². The van der Waals surface area contributed by atoms with E-state index in [0.29, 0.717) is 54.0 Å². The van der Waals surface area contributed by atoms with Gasteiger partial charge in [0.15, 0.2) is 0 Å². The van der Waals surface area contributed by atoms with Crippen molar-refractivity contribution in [3.63, 3.8) is 0 Å². The van der Waals surface area contributed by atoms with E-state index in [1.807, 2.05) is 6.92 Å². The van der Waals surface area contributed by atoms with Gasteiger partial charge in [-0.1, -0.05) is 18.5 Å². The normalized spacial score (nSPS) is 25.5. The molecule has 162 valence electrons. The summed E-state index contributed by atoms with van der Waals surface area (Å²) in [6.45, 7) is 6.31.